The molecule has 20 atom stereocenters. The van der Waals surface area contributed by atoms with Gasteiger partial charge in [-0.3, -0.25) is 9.59 Å². The Bertz CT molecular complexity index is 1660. The first kappa shape index (κ1) is 33.1. The highest BCUT2D eigenvalue weighted by atomic mass is 32.2. The van der Waals surface area contributed by atoms with Crippen LogP contribution in [-0.2, 0) is 38.1 Å². The van der Waals surface area contributed by atoms with E-state index in [1.807, 2.05) is 27.7 Å². The number of aliphatic hydroxyl groups is 4. The molecule has 10 fully saturated rings. The summed E-state index contributed by atoms with van der Waals surface area (Å²) in [5.41, 5.74) is -6.30. The predicted octanol–water partition coefficient (Wildman–Crippen LogP) is 2.73. The molecule has 0 unspecified atom stereocenters. The van der Waals surface area contributed by atoms with Crippen molar-refractivity contribution in [1.29, 1.82) is 0 Å². The predicted molar refractivity (Wildman–Crippen MR) is 177 cm³/mol. The molecule has 0 amide bonds. The minimum absolute atomic E-state index is 0.0404. The number of allylic oxidation sites excluding steroid dienone is 2. The number of ketones is 2. The Morgan fingerprint density at radius 3 is 1.35 bits per heavy atom. The largest absolute Gasteiger partial charge is 0.511 e. The lowest BCUT2D eigenvalue weighted by Crippen LogP contribution is -2.72. The quantitative estimate of drug-likeness (QED) is 0.305. The minimum Gasteiger partial charge on any atom is -0.511 e. The lowest BCUT2D eigenvalue weighted by molar-refractivity contribution is -0.300. The SMILES string of the molecule is C[C@@H]1C[C@H](C)C(=O)[C@H]2[C@H](S[C@@H]3[C@@H]4[C@@H](O)[C@@H]5O[C@]67/C(=C(/O)[C@H](C)C[C@H](C)C(=O)[C@@H]36)C(=O)O[C@]47C[C@H]5C)[C@@H]3[C@@H](O)[C@@H]4O[C@]25/C(=C\1O)C(=O)O[C@]35C[C@H]4C. The van der Waals surface area contributed by atoms with Gasteiger partial charge in [-0.1, -0.05) is 41.5 Å². The van der Waals surface area contributed by atoms with Gasteiger partial charge >= 0.3 is 11.9 Å². The first-order valence-corrected chi connectivity index (χ1v) is 19.7. The number of fused-ring (bicyclic) bond motifs is 2. The zero-order chi connectivity index (χ0) is 36.2. The topological polar surface area (TPSA) is 186 Å². The molecule has 12 rings (SSSR count). The maximum Gasteiger partial charge on any atom is 0.341 e. The summed E-state index contributed by atoms with van der Waals surface area (Å²) >= 11 is 1.32. The minimum atomic E-state index is -1.65. The van der Waals surface area contributed by atoms with Crippen LogP contribution in [0.4, 0.5) is 0 Å². The third-order valence-corrected chi connectivity index (χ3v) is 17.2. The van der Waals surface area contributed by atoms with E-state index in [1.54, 1.807) is 13.8 Å². The van der Waals surface area contributed by atoms with Crippen LogP contribution in [0.5, 0.6) is 0 Å². The van der Waals surface area contributed by atoms with E-state index in [0.717, 1.165) is 0 Å². The summed E-state index contributed by atoms with van der Waals surface area (Å²) in [5, 5.41) is 46.3. The second kappa shape index (κ2) is 9.80. The van der Waals surface area contributed by atoms with Gasteiger partial charge in [-0.25, -0.2) is 9.59 Å². The van der Waals surface area contributed by atoms with E-state index >= 15 is 0 Å². The smallest absolute Gasteiger partial charge is 0.341 e. The van der Waals surface area contributed by atoms with Crippen molar-refractivity contribution in [3.63, 3.8) is 0 Å². The van der Waals surface area contributed by atoms with Crippen molar-refractivity contribution in [2.24, 2.45) is 59.2 Å². The Balaban J connectivity index is 1.20. The molecule has 6 aliphatic heterocycles. The Morgan fingerprint density at radius 1 is 0.608 bits per heavy atom. The van der Waals surface area contributed by atoms with Crippen LogP contribution < -0.4 is 0 Å². The van der Waals surface area contributed by atoms with Crippen LogP contribution in [0.25, 0.3) is 0 Å². The first-order valence-electron chi connectivity index (χ1n) is 18.8. The Kier molecular flexibility index (Phi) is 6.37. The monoisotopic (exact) mass is 726 g/mol. The highest BCUT2D eigenvalue weighted by Gasteiger charge is 2.90. The number of carbonyl (C=O) groups excluding carboxylic acids is 4. The van der Waals surface area contributed by atoms with Crippen LogP contribution in [0.3, 0.4) is 0 Å². The average Bonchev–Trinajstić information content (AvgIpc) is 3.57. The van der Waals surface area contributed by atoms with Gasteiger partial charge in [0.2, 0.25) is 0 Å². The summed E-state index contributed by atoms with van der Waals surface area (Å²) in [7, 11) is 0. The molecule has 4 spiro atoms. The zero-order valence-electron chi connectivity index (χ0n) is 29.5. The number of carbonyl (C=O) groups is 4. The molecule has 4 saturated carbocycles. The molecule has 51 heavy (non-hydrogen) atoms. The second-order valence-electron chi connectivity index (χ2n) is 18.0. The number of aliphatic hydroxyl groups excluding tert-OH is 4. The third-order valence-electron chi connectivity index (χ3n) is 15.5. The van der Waals surface area contributed by atoms with E-state index in [4.69, 9.17) is 18.9 Å². The molecule has 12 aliphatic rings. The standard InChI is InChI=1S/C38H46O12S/c1-11-7-13(3)25(41)21-33(45)49-35-9-15(5)29-27(43)17(35)31(19(23(11)39)37(21,35)47-29)51-32-18-28(44)30-16(6)10-36(18)38(48-30)20(32)24(40)12(2)8-14(4)26(42)22(38)34(46)50-36/h11-20,27-32,41-44H,7-10H2,1-6H3/b25-21+,26-22+/t11-,12-,13+,14+,15+,16+,17-,18-,19-,20-,27+,28+,29+,30+,31+,32+,35+,36+,37-,38-/m0/s1. The van der Waals surface area contributed by atoms with Gasteiger partial charge in [-0.15, -0.1) is 0 Å². The highest BCUT2D eigenvalue weighted by molar-refractivity contribution is 8.00. The van der Waals surface area contributed by atoms with Gasteiger partial charge in [-0.2, -0.15) is 11.8 Å². The number of hydrogen-bond donors (Lipinski definition) is 4. The van der Waals surface area contributed by atoms with Crippen molar-refractivity contribution >= 4 is 35.3 Å². The Morgan fingerprint density at radius 2 is 0.980 bits per heavy atom. The van der Waals surface area contributed by atoms with Gasteiger partial charge in [0.05, 0.1) is 36.3 Å². The van der Waals surface area contributed by atoms with Gasteiger partial charge in [0, 0.05) is 46.0 Å². The van der Waals surface area contributed by atoms with Crippen molar-refractivity contribution < 1.29 is 58.6 Å². The van der Waals surface area contributed by atoms with Gasteiger partial charge in [0.1, 0.15) is 34.2 Å². The van der Waals surface area contributed by atoms with Crippen molar-refractivity contribution in [2.75, 3.05) is 0 Å². The van der Waals surface area contributed by atoms with E-state index < -0.39 is 117 Å². The summed E-state index contributed by atoms with van der Waals surface area (Å²) in [6, 6.07) is 0. The number of Topliss-reactive ketones (excluding diaryl/α,β-unsaturated/α-hetero) is 2. The molecule has 8 bridgehead atoms. The van der Waals surface area contributed by atoms with E-state index in [1.165, 1.54) is 11.8 Å². The third kappa shape index (κ3) is 3.28. The molecular weight excluding hydrogens is 680 g/mol. The second-order valence-corrected chi connectivity index (χ2v) is 19.4. The molecule has 6 aliphatic carbocycles. The molecule has 0 radical (unpaired) electrons. The fourth-order valence-corrected chi connectivity index (χ4v) is 16.2. The lowest BCUT2D eigenvalue weighted by atomic mass is 9.59. The number of esters is 2. The molecule has 0 aromatic heterocycles. The van der Waals surface area contributed by atoms with Crippen LogP contribution in [0.15, 0.2) is 22.7 Å². The maximum atomic E-state index is 15.0. The van der Waals surface area contributed by atoms with Gasteiger partial charge < -0.3 is 39.4 Å². The van der Waals surface area contributed by atoms with Gasteiger partial charge in [-0.05, 0) is 37.5 Å². The van der Waals surface area contributed by atoms with Crippen molar-refractivity contribution in [3.05, 3.63) is 22.7 Å². The fourth-order valence-electron chi connectivity index (χ4n) is 13.8. The zero-order valence-corrected chi connectivity index (χ0v) is 30.3. The van der Waals surface area contributed by atoms with E-state index in [-0.39, 0.29) is 58.9 Å². The van der Waals surface area contributed by atoms with E-state index in [0.29, 0.717) is 12.8 Å². The molecule has 12 nitrogen and oxygen atoms in total. The van der Waals surface area contributed by atoms with Gasteiger partial charge in [0.15, 0.2) is 22.4 Å². The number of rotatable bonds is 2. The first-order chi connectivity index (χ1) is 24.0. The maximum absolute atomic E-state index is 15.0. The molecule has 4 N–H and O–H groups in total. The number of ether oxygens (including phenoxy) is 4. The Labute approximate surface area is 299 Å². The van der Waals surface area contributed by atoms with Gasteiger partial charge in [0.25, 0.3) is 0 Å². The molecular formula is C38H46O12S. The van der Waals surface area contributed by atoms with Crippen LogP contribution in [0, 0.1) is 59.2 Å². The molecule has 6 saturated heterocycles. The number of hydrogen-bond acceptors (Lipinski definition) is 13. The molecule has 276 valence electrons. The Hall–Kier alpha value is -2.45. The van der Waals surface area contributed by atoms with E-state index in [2.05, 4.69) is 0 Å². The summed E-state index contributed by atoms with van der Waals surface area (Å²) < 4.78 is 26.4. The molecule has 6 heterocycles. The molecule has 0 aromatic rings. The number of thioether (sulfide) groups is 1. The normalized spacial score (nSPS) is 61.8. The average molecular weight is 727 g/mol. The van der Waals surface area contributed by atoms with Crippen molar-refractivity contribution in [3.8, 4) is 0 Å². The molecule has 13 heteroatoms. The van der Waals surface area contributed by atoms with Crippen molar-refractivity contribution in [2.45, 2.75) is 125 Å². The lowest BCUT2D eigenvalue weighted by Gasteiger charge is -2.58. The van der Waals surface area contributed by atoms with Crippen LogP contribution in [0.2, 0.25) is 0 Å². The molecule has 0 aromatic carbocycles. The summed E-state index contributed by atoms with van der Waals surface area (Å²) in [6.07, 6.45) is -2.57. The van der Waals surface area contributed by atoms with Crippen LogP contribution in [-0.4, -0.2) is 101 Å². The summed E-state index contributed by atoms with van der Waals surface area (Å²) in [4.78, 5) is 57.7. The van der Waals surface area contributed by atoms with E-state index in [9.17, 15) is 39.6 Å². The fraction of sp³-hybridized carbons (Fsp3) is 0.789. The highest BCUT2D eigenvalue weighted by Crippen LogP contribution is 2.77. The van der Waals surface area contributed by atoms with Crippen LogP contribution >= 0.6 is 11.8 Å². The summed E-state index contributed by atoms with van der Waals surface area (Å²) in [5.74, 6) is -8.41. The van der Waals surface area contributed by atoms with Crippen LogP contribution in [0.1, 0.15) is 67.2 Å². The summed E-state index contributed by atoms with van der Waals surface area (Å²) in [6.45, 7) is 11.0. The van der Waals surface area contributed by atoms with Crippen molar-refractivity contribution in [1.82, 2.24) is 0 Å².